The molecule has 2 aliphatic rings. The molecule has 0 atom stereocenters. The van der Waals surface area contributed by atoms with Gasteiger partial charge < -0.3 is 9.80 Å². The van der Waals surface area contributed by atoms with Crippen LogP contribution in [0.1, 0.15) is 33.1 Å². The molecule has 0 aromatic carbocycles. The van der Waals surface area contributed by atoms with Gasteiger partial charge in [-0.15, -0.1) is 0 Å². The molecule has 31 heavy (non-hydrogen) atoms. The van der Waals surface area contributed by atoms with E-state index in [1.165, 1.54) is 29.0 Å². The summed E-state index contributed by atoms with van der Waals surface area (Å²) in [6.45, 7) is 10.2. The number of anilines is 1. The standard InChI is InChI=1S/C25H34N6/c1-20-9-6-10-23(14-13-20)31(28(4)5)25-12-8-16-30(22(25)3)21(2)18-29(19-26)24-11-7-15-27-17-24/h6-7,9,11,13-15,17,19,26H,2,8,10,12,16,18H2,1,3-5H3. The van der Waals surface area contributed by atoms with Gasteiger partial charge in [0.1, 0.15) is 0 Å². The monoisotopic (exact) mass is 418 g/mol. The summed E-state index contributed by atoms with van der Waals surface area (Å²) in [4.78, 5) is 8.35. The van der Waals surface area contributed by atoms with Gasteiger partial charge >= 0.3 is 0 Å². The Hall–Kier alpha value is -3.12. The number of nitrogens with one attached hydrogen (secondary N) is 1. The topological polar surface area (TPSA) is 49.7 Å². The summed E-state index contributed by atoms with van der Waals surface area (Å²) in [7, 11) is 4.19. The first-order valence-corrected chi connectivity index (χ1v) is 10.8. The van der Waals surface area contributed by atoms with E-state index in [1.54, 1.807) is 12.4 Å². The van der Waals surface area contributed by atoms with Gasteiger partial charge in [-0.2, -0.15) is 0 Å². The minimum absolute atomic E-state index is 0.551. The molecule has 0 spiro atoms. The highest BCUT2D eigenvalue weighted by atomic mass is 15.6. The highest BCUT2D eigenvalue weighted by Gasteiger charge is 2.26. The van der Waals surface area contributed by atoms with Crippen molar-refractivity contribution < 1.29 is 0 Å². The van der Waals surface area contributed by atoms with E-state index in [9.17, 15) is 0 Å². The van der Waals surface area contributed by atoms with Crippen molar-refractivity contribution in [2.75, 3.05) is 32.1 Å². The van der Waals surface area contributed by atoms with Crippen molar-refractivity contribution >= 4 is 12.0 Å². The lowest BCUT2D eigenvalue weighted by atomic mass is 10.1. The largest absolute Gasteiger partial charge is 0.346 e. The zero-order valence-corrected chi connectivity index (χ0v) is 19.2. The molecule has 0 fully saturated rings. The molecule has 0 radical (unpaired) electrons. The Labute approximate surface area is 186 Å². The Morgan fingerprint density at radius 3 is 2.77 bits per heavy atom. The number of hydrazine groups is 1. The van der Waals surface area contributed by atoms with Crippen molar-refractivity contribution in [2.45, 2.75) is 33.1 Å². The molecular formula is C25H34N6. The summed E-state index contributed by atoms with van der Waals surface area (Å²) < 4.78 is 0. The predicted molar refractivity (Wildman–Crippen MR) is 129 cm³/mol. The molecule has 0 saturated heterocycles. The molecule has 1 aromatic heterocycles. The van der Waals surface area contributed by atoms with Gasteiger partial charge in [0.05, 0.1) is 30.5 Å². The Balaban J connectivity index is 1.86. The van der Waals surface area contributed by atoms with Crippen molar-refractivity contribution in [3.63, 3.8) is 0 Å². The lowest BCUT2D eigenvalue weighted by molar-refractivity contribution is 0.0900. The molecule has 164 valence electrons. The van der Waals surface area contributed by atoms with E-state index in [-0.39, 0.29) is 0 Å². The second-order valence-corrected chi connectivity index (χ2v) is 8.16. The number of hydrogen-bond donors (Lipinski definition) is 1. The van der Waals surface area contributed by atoms with Gasteiger partial charge in [-0.25, -0.2) is 5.01 Å². The lowest BCUT2D eigenvalue weighted by Crippen LogP contribution is -2.41. The summed E-state index contributed by atoms with van der Waals surface area (Å²) in [6.07, 6.45) is 16.7. The SMILES string of the molecule is C=C(CN(C=N)c1cccnc1)N1CCCC(N(C2=CC=C(C)C=CC2)N(C)C)=C1C. The third-order valence-electron chi connectivity index (χ3n) is 5.66. The molecule has 0 bridgehead atoms. The number of nitrogens with zero attached hydrogens (tertiary/aromatic N) is 5. The fourth-order valence-corrected chi connectivity index (χ4v) is 4.13. The third-order valence-corrected chi connectivity index (χ3v) is 5.66. The number of rotatable bonds is 8. The van der Waals surface area contributed by atoms with E-state index >= 15 is 0 Å². The lowest BCUT2D eigenvalue weighted by Gasteiger charge is -2.42. The predicted octanol–water partition coefficient (Wildman–Crippen LogP) is 4.90. The molecule has 3 rings (SSSR count). The van der Waals surface area contributed by atoms with Crippen LogP contribution in [0.3, 0.4) is 0 Å². The van der Waals surface area contributed by atoms with Gasteiger partial charge in [-0.05, 0) is 44.9 Å². The van der Waals surface area contributed by atoms with Crippen LogP contribution in [0.4, 0.5) is 5.69 Å². The van der Waals surface area contributed by atoms with Gasteiger partial charge in [0.25, 0.3) is 0 Å². The zero-order valence-electron chi connectivity index (χ0n) is 19.2. The van der Waals surface area contributed by atoms with Crippen LogP contribution in [0.15, 0.2) is 83.8 Å². The van der Waals surface area contributed by atoms with E-state index in [2.05, 4.69) is 78.7 Å². The molecule has 1 aliphatic carbocycles. The maximum absolute atomic E-state index is 7.86. The van der Waals surface area contributed by atoms with Gasteiger partial charge in [-0.1, -0.05) is 30.4 Å². The van der Waals surface area contributed by atoms with Crippen molar-refractivity contribution in [2.24, 2.45) is 0 Å². The fraction of sp³-hybridized carbons (Fsp3) is 0.360. The Bertz CT molecular complexity index is 923. The third kappa shape index (κ3) is 5.33. The van der Waals surface area contributed by atoms with Crippen molar-refractivity contribution in [3.8, 4) is 0 Å². The molecule has 1 aromatic rings. The van der Waals surface area contributed by atoms with Crippen LogP contribution in [-0.2, 0) is 0 Å². The first-order chi connectivity index (χ1) is 14.9. The first-order valence-electron chi connectivity index (χ1n) is 10.8. The molecule has 0 amide bonds. The van der Waals surface area contributed by atoms with E-state index in [0.29, 0.717) is 6.54 Å². The average molecular weight is 419 g/mol. The molecule has 2 heterocycles. The van der Waals surface area contributed by atoms with E-state index in [4.69, 9.17) is 5.41 Å². The van der Waals surface area contributed by atoms with Gasteiger partial charge in [0, 0.05) is 50.3 Å². The van der Waals surface area contributed by atoms with Crippen molar-refractivity contribution in [1.29, 1.82) is 5.41 Å². The number of hydrogen-bond acceptors (Lipinski definition) is 5. The number of allylic oxidation sites excluding steroid dienone is 7. The Kier molecular flexibility index (Phi) is 7.47. The summed E-state index contributed by atoms with van der Waals surface area (Å²) in [5, 5.41) is 12.4. The highest BCUT2D eigenvalue weighted by Crippen LogP contribution is 2.32. The van der Waals surface area contributed by atoms with Crippen molar-refractivity contribution in [3.05, 3.63) is 83.8 Å². The van der Waals surface area contributed by atoms with Crippen molar-refractivity contribution in [1.82, 2.24) is 19.9 Å². The second-order valence-electron chi connectivity index (χ2n) is 8.16. The Morgan fingerprint density at radius 2 is 2.10 bits per heavy atom. The fourth-order valence-electron chi connectivity index (χ4n) is 4.13. The van der Waals surface area contributed by atoms with Crippen LogP contribution in [0.5, 0.6) is 0 Å². The Morgan fingerprint density at radius 1 is 1.29 bits per heavy atom. The van der Waals surface area contributed by atoms with Crippen LogP contribution >= 0.6 is 0 Å². The summed E-state index contributed by atoms with van der Waals surface area (Å²) in [5.74, 6) is 0. The van der Waals surface area contributed by atoms with Crippen LogP contribution in [-0.4, -0.2) is 53.4 Å². The molecule has 0 saturated carbocycles. The summed E-state index contributed by atoms with van der Waals surface area (Å²) >= 11 is 0. The van der Waals surface area contributed by atoms with E-state index < -0.39 is 0 Å². The van der Waals surface area contributed by atoms with E-state index in [1.807, 2.05) is 17.0 Å². The van der Waals surface area contributed by atoms with Gasteiger partial charge in [-0.3, -0.25) is 15.4 Å². The van der Waals surface area contributed by atoms with Gasteiger partial charge in [0.2, 0.25) is 0 Å². The smallest absolute Gasteiger partial charge is 0.0865 e. The quantitative estimate of drug-likeness (QED) is 0.369. The van der Waals surface area contributed by atoms with E-state index in [0.717, 1.165) is 37.2 Å². The van der Waals surface area contributed by atoms with Gasteiger partial charge in [0.15, 0.2) is 0 Å². The molecule has 1 aliphatic heterocycles. The molecule has 6 heteroatoms. The maximum atomic E-state index is 7.86. The molecule has 1 N–H and O–H groups in total. The number of pyridine rings is 1. The highest BCUT2D eigenvalue weighted by molar-refractivity contribution is 5.77. The molecular weight excluding hydrogens is 384 g/mol. The number of aromatic nitrogens is 1. The first kappa shape index (κ1) is 22.6. The maximum Gasteiger partial charge on any atom is 0.0865 e. The molecule has 6 nitrogen and oxygen atoms in total. The minimum Gasteiger partial charge on any atom is -0.346 e. The second kappa shape index (κ2) is 10.3. The zero-order chi connectivity index (χ0) is 22.4. The van der Waals surface area contributed by atoms with Crippen LogP contribution < -0.4 is 4.90 Å². The normalized spacial score (nSPS) is 16.6. The van der Waals surface area contributed by atoms with Crippen LogP contribution in [0.25, 0.3) is 0 Å². The molecule has 0 unspecified atom stereocenters. The average Bonchev–Trinajstić information content (AvgIpc) is 2.98. The minimum atomic E-state index is 0.551. The summed E-state index contributed by atoms with van der Waals surface area (Å²) in [6, 6.07) is 3.85. The van der Waals surface area contributed by atoms with Crippen LogP contribution in [0, 0.1) is 5.41 Å². The summed E-state index contributed by atoms with van der Waals surface area (Å²) in [5.41, 5.74) is 6.91. The van der Waals surface area contributed by atoms with Crippen LogP contribution in [0.2, 0.25) is 0 Å².